The van der Waals surface area contributed by atoms with Crippen molar-refractivity contribution in [1.29, 1.82) is 0 Å². The standard InChI is InChI=1S/C28H30N6/c1-7-24(33-17-13-29-14-18-33)8-2-21(1)26-11-5-23-6-12-27(32-28(23)31-26)22-3-9-25(10-4-22)34-19-15-30-16-20-34/h1-12,29-30H,13-20H2. The van der Waals surface area contributed by atoms with Crippen LogP contribution in [-0.4, -0.2) is 62.3 Å². The molecule has 2 fully saturated rings. The Bertz CT molecular complexity index is 1160. The van der Waals surface area contributed by atoms with E-state index in [9.17, 15) is 0 Å². The van der Waals surface area contributed by atoms with Gasteiger partial charge in [0, 0.05) is 80.2 Å². The second kappa shape index (κ2) is 9.41. The summed E-state index contributed by atoms with van der Waals surface area (Å²) in [6.45, 7) is 8.38. The summed E-state index contributed by atoms with van der Waals surface area (Å²) in [5.74, 6) is 0. The van der Waals surface area contributed by atoms with Gasteiger partial charge in [-0.2, -0.15) is 0 Å². The van der Waals surface area contributed by atoms with Gasteiger partial charge in [0.25, 0.3) is 0 Å². The summed E-state index contributed by atoms with van der Waals surface area (Å²) in [5.41, 5.74) is 7.48. The van der Waals surface area contributed by atoms with Crippen molar-refractivity contribution in [3.05, 3.63) is 72.8 Å². The summed E-state index contributed by atoms with van der Waals surface area (Å²) >= 11 is 0. The molecule has 6 rings (SSSR count). The van der Waals surface area contributed by atoms with Crippen molar-refractivity contribution < 1.29 is 0 Å². The highest BCUT2D eigenvalue weighted by Crippen LogP contribution is 2.27. The molecule has 0 spiro atoms. The largest absolute Gasteiger partial charge is 0.369 e. The van der Waals surface area contributed by atoms with Crippen molar-refractivity contribution >= 4 is 22.4 Å². The molecule has 2 aromatic carbocycles. The maximum absolute atomic E-state index is 4.91. The highest BCUT2D eigenvalue weighted by atomic mass is 15.2. The maximum Gasteiger partial charge on any atom is 0.160 e. The predicted octanol–water partition coefficient (Wildman–Crippen LogP) is 3.78. The van der Waals surface area contributed by atoms with Gasteiger partial charge < -0.3 is 20.4 Å². The normalized spacial score (nSPS) is 16.7. The first-order valence-electron chi connectivity index (χ1n) is 12.2. The number of anilines is 2. The van der Waals surface area contributed by atoms with E-state index in [1.54, 1.807) is 0 Å². The molecule has 0 atom stereocenters. The zero-order chi connectivity index (χ0) is 22.7. The van der Waals surface area contributed by atoms with Gasteiger partial charge in [0.15, 0.2) is 5.65 Å². The van der Waals surface area contributed by atoms with E-state index >= 15 is 0 Å². The molecule has 0 saturated carbocycles. The van der Waals surface area contributed by atoms with Crippen molar-refractivity contribution in [2.45, 2.75) is 0 Å². The summed E-state index contributed by atoms with van der Waals surface area (Å²) in [6.07, 6.45) is 0. The highest BCUT2D eigenvalue weighted by molar-refractivity contribution is 5.81. The number of piperazine rings is 2. The molecule has 34 heavy (non-hydrogen) atoms. The van der Waals surface area contributed by atoms with Crippen LogP contribution in [0.3, 0.4) is 0 Å². The number of benzene rings is 2. The number of hydrogen-bond acceptors (Lipinski definition) is 6. The smallest absolute Gasteiger partial charge is 0.160 e. The van der Waals surface area contributed by atoms with Crippen molar-refractivity contribution in [3.63, 3.8) is 0 Å². The van der Waals surface area contributed by atoms with Crippen LogP contribution in [0.15, 0.2) is 72.8 Å². The summed E-state index contributed by atoms with van der Waals surface area (Å²) in [7, 11) is 0. The predicted molar refractivity (Wildman–Crippen MR) is 141 cm³/mol. The van der Waals surface area contributed by atoms with E-state index < -0.39 is 0 Å². The Kier molecular flexibility index (Phi) is 5.83. The van der Waals surface area contributed by atoms with Crippen LogP contribution >= 0.6 is 0 Å². The second-order valence-electron chi connectivity index (χ2n) is 9.01. The molecule has 0 bridgehead atoms. The fourth-order valence-electron chi connectivity index (χ4n) is 4.85. The summed E-state index contributed by atoms with van der Waals surface area (Å²) in [4.78, 5) is 14.7. The molecule has 6 nitrogen and oxygen atoms in total. The number of hydrogen-bond donors (Lipinski definition) is 2. The number of fused-ring (bicyclic) bond motifs is 1. The SMILES string of the molecule is c1cc(N2CCNCC2)ccc1-c1ccc2ccc(-c3ccc(N4CCNCC4)cc3)nc2n1. The van der Waals surface area contributed by atoms with Crippen LogP contribution in [0.5, 0.6) is 0 Å². The Morgan fingerprint density at radius 1 is 0.500 bits per heavy atom. The molecule has 4 aromatic rings. The molecule has 2 aromatic heterocycles. The third-order valence-corrected chi connectivity index (χ3v) is 6.84. The lowest BCUT2D eigenvalue weighted by Gasteiger charge is -2.29. The molecule has 6 heteroatoms. The Hall–Kier alpha value is -3.48. The quantitative estimate of drug-likeness (QED) is 0.494. The third kappa shape index (κ3) is 4.34. The van der Waals surface area contributed by atoms with Crippen LogP contribution in [0, 0.1) is 0 Å². The van der Waals surface area contributed by atoms with E-state index in [1.165, 1.54) is 11.4 Å². The Morgan fingerprint density at radius 2 is 0.912 bits per heavy atom. The van der Waals surface area contributed by atoms with Crippen LogP contribution < -0.4 is 20.4 Å². The van der Waals surface area contributed by atoms with Gasteiger partial charge in [-0.1, -0.05) is 24.3 Å². The third-order valence-electron chi connectivity index (χ3n) is 6.84. The Morgan fingerprint density at radius 3 is 1.32 bits per heavy atom. The number of aromatic nitrogens is 2. The molecule has 2 aliphatic rings. The van der Waals surface area contributed by atoms with Gasteiger partial charge in [-0.3, -0.25) is 0 Å². The minimum Gasteiger partial charge on any atom is -0.369 e. The highest BCUT2D eigenvalue weighted by Gasteiger charge is 2.12. The van der Waals surface area contributed by atoms with Crippen LogP contribution in [0.25, 0.3) is 33.5 Å². The number of rotatable bonds is 4. The van der Waals surface area contributed by atoms with Crippen molar-refractivity contribution in [3.8, 4) is 22.5 Å². The Labute approximate surface area is 200 Å². The number of pyridine rings is 2. The van der Waals surface area contributed by atoms with E-state index in [0.29, 0.717) is 0 Å². The van der Waals surface area contributed by atoms with Gasteiger partial charge in [-0.05, 0) is 48.5 Å². The second-order valence-corrected chi connectivity index (χ2v) is 9.01. The average Bonchev–Trinajstić information content (AvgIpc) is 2.93. The lowest BCUT2D eigenvalue weighted by molar-refractivity contribution is 0.589. The lowest BCUT2D eigenvalue weighted by Crippen LogP contribution is -2.43. The lowest BCUT2D eigenvalue weighted by atomic mass is 10.1. The van der Waals surface area contributed by atoms with Gasteiger partial charge in [0.05, 0.1) is 11.4 Å². The van der Waals surface area contributed by atoms with E-state index in [4.69, 9.17) is 9.97 Å². The minimum absolute atomic E-state index is 0.785. The molecule has 2 N–H and O–H groups in total. The molecule has 0 amide bonds. The molecule has 2 saturated heterocycles. The first-order chi connectivity index (χ1) is 16.8. The van der Waals surface area contributed by atoms with Gasteiger partial charge in [0.2, 0.25) is 0 Å². The molecule has 172 valence electrons. The molecular formula is C28H30N6. The monoisotopic (exact) mass is 450 g/mol. The van der Waals surface area contributed by atoms with Crippen LogP contribution in [0.2, 0.25) is 0 Å². The minimum atomic E-state index is 0.785. The van der Waals surface area contributed by atoms with Crippen molar-refractivity contribution in [1.82, 2.24) is 20.6 Å². The van der Waals surface area contributed by atoms with E-state index in [1.807, 2.05) is 0 Å². The van der Waals surface area contributed by atoms with Crippen LogP contribution in [0.1, 0.15) is 0 Å². The zero-order valence-electron chi connectivity index (χ0n) is 19.4. The summed E-state index contributed by atoms with van der Waals surface area (Å²) < 4.78 is 0. The van der Waals surface area contributed by atoms with Crippen molar-refractivity contribution in [2.75, 3.05) is 62.2 Å². The van der Waals surface area contributed by atoms with Crippen molar-refractivity contribution in [2.24, 2.45) is 0 Å². The van der Waals surface area contributed by atoms with E-state index in [0.717, 1.165) is 85.9 Å². The molecule has 0 aliphatic carbocycles. The van der Waals surface area contributed by atoms with Gasteiger partial charge in [-0.25, -0.2) is 9.97 Å². The fourth-order valence-corrected chi connectivity index (χ4v) is 4.85. The van der Waals surface area contributed by atoms with E-state index in [-0.39, 0.29) is 0 Å². The molecule has 2 aliphatic heterocycles. The molecular weight excluding hydrogens is 420 g/mol. The van der Waals surface area contributed by atoms with Gasteiger partial charge in [0.1, 0.15) is 0 Å². The molecule has 0 unspecified atom stereocenters. The van der Waals surface area contributed by atoms with Crippen LogP contribution in [0.4, 0.5) is 11.4 Å². The zero-order valence-corrected chi connectivity index (χ0v) is 19.4. The number of nitrogens with one attached hydrogen (secondary N) is 2. The van der Waals surface area contributed by atoms with Gasteiger partial charge in [-0.15, -0.1) is 0 Å². The summed E-state index contributed by atoms with van der Waals surface area (Å²) in [5, 5.41) is 7.88. The Balaban J connectivity index is 1.25. The average molecular weight is 451 g/mol. The maximum atomic E-state index is 4.91. The topological polar surface area (TPSA) is 56.3 Å². The number of nitrogens with zero attached hydrogens (tertiary/aromatic N) is 4. The fraction of sp³-hybridized carbons (Fsp3) is 0.286. The molecule has 0 radical (unpaired) electrons. The van der Waals surface area contributed by atoms with Crippen LogP contribution in [-0.2, 0) is 0 Å². The summed E-state index contributed by atoms with van der Waals surface area (Å²) in [6, 6.07) is 25.9. The van der Waals surface area contributed by atoms with Gasteiger partial charge >= 0.3 is 0 Å². The van der Waals surface area contributed by atoms with E-state index in [2.05, 4.69) is 93.2 Å². The first kappa shape index (κ1) is 21.1. The first-order valence-corrected chi connectivity index (χ1v) is 12.2. The molecule has 4 heterocycles.